The number of carbonyl (C=O) groups excluding carboxylic acids is 1. The molecule has 0 spiro atoms. The zero-order valence-electron chi connectivity index (χ0n) is 8.95. The fourth-order valence-corrected chi connectivity index (χ4v) is 2.10. The monoisotopic (exact) mass is 261 g/mol. The van der Waals surface area contributed by atoms with Gasteiger partial charge < -0.3 is 5.32 Å². The Balaban J connectivity index is 3.27. The minimum absolute atomic E-state index is 0.0184. The number of carbonyl (C=O) groups is 1. The minimum atomic E-state index is -3.77. The maximum atomic E-state index is 11.1. The predicted octanol–water partition coefficient (Wildman–Crippen LogP) is 2.13. The van der Waals surface area contributed by atoms with E-state index in [1.54, 1.807) is 6.07 Å². The fraction of sp³-hybridized carbons (Fsp3) is 0.300. The topological polar surface area (TPSA) is 63.2 Å². The molecular formula is C10H12ClNO3S. The Morgan fingerprint density at radius 3 is 2.50 bits per heavy atom. The van der Waals surface area contributed by atoms with E-state index in [-0.39, 0.29) is 10.8 Å². The molecule has 1 amide bonds. The molecule has 4 nitrogen and oxygen atoms in total. The molecule has 0 unspecified atom stereocenters. The molecule has 0 radical (unpaired) electrons. The molecule has 0 saturated heterocycles. The molecule has 1 rings (SSSR count). The second-order valence-corrected chi connectivity index (χ2v) is 5.86. The molecular weight excluding hydrogens is 250 g/mol. The largest absolute Gasteiger partial charge is 0.326 e. The molecule has 0 aliphatic carbocycles. The summed E-state index contributed by atoms with van der Waals surface area (Å²) >= 11 is 0. The van der Waals surface area contributed by atoms with Crippen molar-refractivity contribution < 1.29 is 13.2 Å². The van der Waals surface area contributed by atoms with Crippen molar-refractivity contribution in [3.63, 3.8) is 0 Å². The Bertz CT molecular complexity index is 511. The number of aryl methyl sites for hydroxylation is 1. The number of hydrogen-bond acceptors (Lipinski definition) is 3. The van der Waals surface area contributed by atoms with Crippen LogP contribution >= 0.6 is 10.7 Å². The van der Waals surface area contributed by atoms with E-state index < -0.39 is 9.05 Å². The van der Waals surface area contributed by atoms with Crippen LogP contribution in [-0.2, 0) is 20.3 Å². The van der Waals surface area contributed by atoms with Crippen molar-refractivity contribution in [1.29, 1.82) is 0 Å². The highest BCUT2D eigenvalue weighted by Gasteiger charge is 2.12. The minimum Gasteiger partial charge on any atom is -0.326 e. The number of anilines is 1. The molecule has 1 aromatic carbocycles. The first-order valence-electron chi connectivity index (χ1n) is 4.69. The molecule has 0 fully saturated rings. The van der Waals surface area contributed by atoms with Gasteiger partial charge in [0.2, 0.25) is 5.91 Å². The normalized spacial score (nSPS) is 11.2. The van der Waals surface area contributed by atoms with Gasteiger partial charge in [0.1, 0.15) is 0 Å². The Morgan fingerprint density at radius 2 is 2.06 bits per heavy atom. The van der Waals surface area contributed by atoms with Crippen molar-refractivity contribution in [2.75, 3.05) is 5.32 Å². The van der Waals surface area contributed by atoms with Crippen LogP contribution in [0.3, 0.4) is 0 Å². The van der Waals surface area contributed by atoms with Gasteiger partial charge in [-0.1, -0.05) is 13.0 Å². The van der Waals surface area contributed by atoms with Crippen LogP contribution in [0.15, 0.2) is 23.1 Å². The molecule has 88 valence electrons. The number of amides is 1. The van der Waals surface area contributed by atoms with Gasteiger partial charge in [0.15, 0.2) is 0 Å². The molecule has 0 saturated carbocycles. The van der Waals surface area contributed by atoms with Gasteiger partial charge in [-0.2, -0.15) is 0 Å². The van der Waals surface area contributed by atoms with Crippen LogP contribution in [0, 0.1) is 0 Å². The van der Waals surface area contributed by atoms with E-state index in [9.17, 15) is 13.2 Å². The van der Waals surface area contributed by atoms with Gasteiger partial charge in [0.25, 0.3) is 9.05 Å². The summed E-state index contributed by atoms with van der Waals surface area (Å²) in [6, 6.07) is 4.43. The quantitative estimate of drug-likeness (QED) is 0.848. The van der Waals surface area contributed by atoms with Crippen LogP contribution in [0.2, 0.25) is 0 Å². The van der Waals surface area contributed by atoms with Gasteiger partial charge in [-0.3, -0.25) is 4.79 Å². The van der Waals surface area contributed by atoms with Gasteiger partial charge in [-0.25, -0.2) is 8.42 Å². The number of hydrogen-bond donors (Lipinski definition) is 1. The standard InChI is InChI=1S/C10H12ClNO3S/c1-3-8-4-5-9(16(11,14)15)6-10(8)12-7(2)13/h4-6H,3H2,1-2H3,(H,12,13). The lowest BCUT2D eigenvalue weighted by Crippen LogP contribution is -2.08. The van der Waals surface area contributed by atoms with Crippen molar-refractivity contribution in [3.05, 3.63) is 23.8 Å². The summed E-state index contributed by atoms with van der Waals surface area (Å²) in [5.74, 6) is -0.251. The lowest BCUT2D eigenvalue weighted by atomic mass is 10.1. The second kappa shape index (κ2) is 4.84. The zero-order valence-corrected chi connectivity index (χ0v) is 10.5. The average molecular weight is 262 g/mol. The fourth-order valence-electron chi connectivity index (χ4n) is 1.32. The maximum absolute atomic E-state index is 11.1. The van der Waals surface area contributed by atoms with Crippen molar-refractivity contribution in [1.82, 2.24) is 0 Å². The highest BCUT2D eigenvalue weighted by molar-refractivity contribution is 8.13. The van der Waals surface area contributed by atoms with Gasteiger partial charge in [0, 0.05) is 23.3 Å². The molecule has 1 N–H and O–H groups in total. The van der Waals surface area contributed by atoms with Crippen molar-refractivity contribution in [2.45, 2.75) is 25.2 Å². The van der Waals surface area contributed by atoms with E-state index in [2.05, 4.69) is 5.32 Å². The van der Waals surface area contributed by atoms with Gasteiger partial charge in [-0.15, -0.1) is 0 Å². The lowest BCUT2D eigenvalue weighted by Gasteiger charge is -2.09. The SMILES string of the molecule is CCc1ccc(S(=O)(=O)Cl)cc1NC(C)=O. The molecule has 0 aromatic heterocycles. The third-order valence-electron chi connectivity index (χ3n) is 2.05. The molecule has 0 bridgehead atoms. The van der Waals surface area contributed by atoms with Gasteiger partial charge >= 0.3 is 0 Å². The number of rotatable bonds is 3. The molecule has 0 aliphatic heterocycles. The van der Waals surface area contributed by atoms with E-state index in [1.165, 1.54) is 19.1 Å². The van der Waals surface area contributed by atoms with E-state index in [4.69, 9.17) is 10.7 Å². The summed E-state index contributed by atoms with van der Waals surface area (Å²) in [5.41, 5.74) is 1.34. The first-order chi connectivity index (χ1) is 7.34. The zero-order chi connectivity index (χ0) is 12.3. The molecule has 0 atom stereocenters. The van der Waals surface area contributed by atoms with Gasteiger partial charge in [-0.05, 0) is 24.1 Å². The Kier molecular flexibility index (Phi) is 3.93. The average Bonchev–Trinajstić information content (AvgIpc) is 2.15. The second-order valence-electron chi connectivity index (χ2n) is 3.29. The van der Waals surface area contributed by atoms with E-state index >= 15 is 0 Å². The summed E-state index contributed by atoms with van der Waals surface area (Å²) in [5, 5.41) is 2.57. The summed E-state index contributed by atoms with van der Waals surface area (Å²) < 4.78 is 22.2. The van der Waals surface area contributed by atoms with Crippen LogP contribution < -0.4 is 5.32 Å². The lowest BCUT2D eigenvalue weighted by molar-refractivity contribution is -0.114. The summed E-state index contributed by atoms with van der Waals surface area (Å²) in [6.45, 7) is 3.27. The summed E-state index contributed by atoms with van der Waals surface area (Å²) in [6.07, 6.45) is 0.693. The first kappa shape index (κ1) is 13.0. The van der Waals surface area contributed by atoms with Crippen molar-refractivity contribution in [2.24, 2.45) is 0 Å². The first-order valence-corrected chi connectivity index (χ1v) is 7.00. The predicted molar refractivity (Wildman–Crippen MR) is 63.2 cm³/mol. The molecule has 0 aliphatic rings. The molecule has 16 heavy (non-hydrogen) atoms. The number of benzene rings is 1. The highest BCUT2D eigenvalue weighted by Crippen LogP contribution is 2.23. The van der Waals surface area contributed by atoms with Crippen LogP contribution in [-0.4, -0.2) is 14.3 Å². The Morgan fingerprint density at radius 1 is 1.44 bits per heavy atom. The Labute approximate surface area is 99.0 Å². The third kappa shape index (κ3) is 3.21. The van der Waals surface area contributed by atoms with Crippen LogP contribution in [0.5, 0.6) is 0 Å². The molecule has 1 aromatic rings. The number of halogens is 1. The van der Waals surface area contributed by atoms with Crippen LogP contribution in [0.4, 0.5) is 5.69 Å². The smallest absolute Gasteiger partial charge is 0.261 e. The van der Waals surface area contributed by atoms with Gasteiger partial charge in [0.05, 0.1) is 4.90 Å². The highest BCUT2D eigenvalue weighted by atomic mass is 35.7. The van der Waals surface area contributed by atoms with E-state index in [1.807, 2.05) is 6.92 Å². The van der Waals surface area contributed by atoms with Crippen LogP contribution in [0.25, 0.3) is 0 Å². The maximum Gasteiger partial charge on any atom is 0.261 e. The molecule has 0 heterocycles. The molecule has 6 heteroatoms. The Hall–Kier alpha value is -1.07. The summed E-state index contributed by atoms with van der Waals surface area (Å²) in [7, 11) is 1.46. The van der Waals surface area contributed by atoms with Crippen molar-refractivity contribution in [3.8, 4) is 0 Å². The summed E-state index contributed by atoms with van der Waals surface area (Å²) in [4.78, 5) is 10.9. The number of nitrogens with one attached hydrogen (secondary N) is 1. The van der Waals surface area contributed by atoms with E-state index in [0.717, 1.165) is 5.56 Å². The third-order valence-corrected chi connectivity index (χ3v) is 3.41. The van der Waals surface area contributed by atoms with Crippen molar-refractivity contribution >= 4 is 31.3 Å². The van der Waals surface area contributed by atoms with E-state index in [0.29, 0.717) is 12.1 Å². The van der Waals surface area contributed by atoms with Crippen LogP contribution in [0.1, 0.15) is 19.4 Å².